The van der Waals surface area contributed by atoms with Crippen LogP contribution in [0.1, 0.15) is 18.9 Å². The number of benzene rings is 1. The van der Waals surface area contributed by atoms with E-state index in [4.69, 9.17) is 5.73 Å². The molecule has 1 aliphatic heterocycles. The van der Waals surface area contributed by atoms with Crippen molar-refractivity contribution in [3.8, 4) is 0 Å². The van der Waals surface area contributed by atoms with Crippen molar-refractivity contribution in [1.82, 2.24) is 4.90 Å². The van der Waals surface area contributed by atoms with Crippen LogP contribution < -0.4 is 5.73 Å². The van der Waals surface area contributed by atoms with Crippen LogP contribution in [0.4, 0.5) is 0 Å². The zero-order chi connectivity index (χ0) is 10.7. The van der Waals surface area contributed by atoms with Gasteiger partial charge in [-0.1, -0.05) is 37.3 Å². The molecule has 0 aliphatic carbocycles. The van der Waals surface area contributed by atoms with Crippen LogP contribution >= 0.6 is 0 Å². The van der Waals surface area contributed by atoms with Crippen molar-refractivity contribution >= 4 is 0 Å². The average molecular weight is 204 g/mol. The standard InChI is InChI=1S/C13H20N2/c1-2-13(14)12-9-15(10-12)8-11-6-4-3-5-7-11/h3-7,12-13H,2,8-10,14H2,1H3. The van der Waals surface area contributed by atoms with Gasteiger partial charge in [-0.3, -0.25) is 4.90 Å². The van der Waals surface area contributed by atoms with Crippen molar-refractivity contribution in [3.63, 3.8) is 0 Å². The summed E-state index contributed by atoms with van der Waals surface area (Å²) < 4.78 is 0. The van der Waals surface area contributed by atoms with Gasteiger partial charge in [0.05, 0.1) is 0 Å². The first-order valence-corrected chi connectivity index (χ1v) is 5.81. The number of hydrogen-bond acceptors (Lipinski definition) is 2. The lowest BCUT2D eigenvalue weighted by molar-refractivity contribution is 0.0733. The number of nitrogens with two attached hydrogens (primary N) is 1. The normalized spacial score (nSPS) is 19.9. The van der Waals surface area contributed by atoms with Crippen molar-refractivity contribution < 1.29 is 0 Å². The quantitative estimate of drug-likeness (QED) is 0.811. The molecule has 0 amide bonds. The molecule has 2 heteroatoms. The van der Waals surface area contributed by atoms with Crippen LogP contribution in [0.3, 0.4) is 0 Å². The largest absolute Gasteiger partial charge is 0.327 e. The molecule has 2 rings (SSSR count). The fourth-order valence-electron chi connectivity index (χ4n) is 2.18. The minimum Gasteiger partial charge on any atom is -0.327 e. The Kier molecular flexibility index (Phi) is 3.39. The van der Waals surface area contributed by atoms with E-state index in [0.717, 1.165) is 18.9 Å². The zero-order valence-corrected chi connectivity index (χ0v) is 9.39. The van der Waals surface area contributed by atoms with Crippen LogP contribution in [0.15, 0.2) is 30.3 Å². The Morgan fingerprint density at radius 3 is 2.60 bits per heavy atom. The molecule has 1 fully saturated rings. The Morgan fingerprint density at radius 1 is 1.33 bits per heavy atom. The molecule has 15 heavy (non-hydrogen) atoms. The Hall–Kier alpha value is -0.860. The molecule has 82 valence electrons. The van der Waals surface area contributed by atoms with Gasteiger partial charge in [-0.05, 0) is 17.9 Å². The summed E-state index contributed by atoms with van der Waals surface area (Å²) in [5, 5.41) is 0. The van der Waals surface area contributed by atoms with Gasteiger partial charge in [0.25, 0.3) is 0 Å². The topological polar surface area (TPSA) is 29.3 Å². The van der Waals surface area contributed by atoms with Gasteiger partial charge >= 0.3 is 0 Å². The number of nitrogens with zero attached hydrogens (tertiary/aromatic N) is 1. The maximum atomic E-state index is 6.01. The summed E-state index contributed by atoms with van der Waals surface area (Å²) >= 11 is 0. The molecule has 2 N–H and O–H groups in total. The summed E-state index contributed by atoms with van der Waals surface area (Å²) in [5.41, 5.74) is 7.41. The lowest BCUT2D eigenvalue weighted by atomic mass is 9.90. The van der Waals surface area contributed by atoms with Gasteiger partial charge in [0.15, 0.2) is 0 Å². The van der Waals surface area contributed by atoms with E-state index < -0.39 is 0 Å². The van der Waals surface area contributed by atoms with E-state index in [9.17, 15) is 0 Å². The summed E-state index contributed by atoms with van der Waals surface area (Å²) in [6.45, 7) is 5.59. The lowest BCUT2D eigenvalue weighted by Crippen LogP contribution is -2.53. The molecular weight excluding hydrogens is 184 g/mol. The first-order valence-electron chi connectivity index (χ1n) is 5.81. The SMILES string of the molecule is CCC(N)C1CN(Cc2ccccc2)C1. The summed E-state index contributed by atoms with van der Waals surface area (Å²) in [6.07, 6.45) is 1.10. The lowest BCUT2D eigenvalue weighted by Gasteiger charge is -2.42. The molecule has 0 aromatic heterocycles. The van der Waals surface area contributed by atoms with Gasteiger partial charge in [-0.15, -0.1) is 0 Å². The molecule has 1 aromatic carbocycles. The molecule has 0 saturated carbocycles. The maximum absolute atomic E-state index is 6.01. The first-order chi connectivity index (χ1) is 7.29. The second-order valence-corrected chi connectivity index (χ2v) is 4.51. The third-order valence-electron chi connectivity index (χ3n) is 3.31. The average Bonchev–Trinajstić information content (AvgIpc) is 2.23. The molecule has 1 aliphatic rings. The molecule has 1 unspecified atom stereocenters. The molecule has 1 heterocycles. The molecule has 1 saturated heterocycles. The predicted molar refractivity (Wildman–Crippen MR) is 63.5 cm³/mol. The maximum Gasteiger partial charge on any atom is 0.0234 e. The van der Waals surface area contributed by atoms with Crippen molar-refractivity contribution in [2.45, 2.75) is 25.9 Å². The first kappa shape index (κ1) is 10.7. The second kappa shape index (κ2) is 4.77. The van der Waals surface area contributed by atoms with Gasteiger partial charge in [0.1, 0.15) is 0 Å². The molecule has 0 bridgehead atoms. The number of hydrogen-bond donors (Lipinski definition) is 1. The fraction of sp³-hybridized carbons (Fsp3) is 0.538. The minimum absolute atomic E-state index is 0.400. The molecule has 2 nitrogen and oxygen atoms in total. The van der Waals surface area contributed by atoms with E-state index in [2.05, 4.69) is 42.2 Å². The summed E-state index contributed by atoms with van der Waals surface area (Å²) in [6, 6.07) is 11.0. The van der Waals surface area contributed by atoms with Crippen molar-refractivity contribution in [3.05, 3.63) is 35.9 Å². The zero-order valence-electron chi connectivity index (χ0n) is 9.39. The predicted octanol–water partition coefficient (Wildman–Crippen LogP) is 1.86. The minimum atomic E-state index is 0.400. The fourth-order valence-corrected chi connectivity index (χ4v) is 2.18. The highest BCUT2D eigenvalue weighted by atomic mass is 15.2. The molecular formula is C13H20N2. The van der Waals surface area contributed by atoms with E-state index in [-0.39, 0.29) is 0 Å². The summed E-state index contributed by atoms with van der Waals surface area (Å²) in [5.74, 6) is 0.721. The Balaban J connectivity index is 1.77. The van der Waals surface area contributed by atoms with Crippen molar-refractivity contribution in [2.75, 3.05) is 13.1 Å². The van der Waals surface area contributed by atoms with Gasteiger partial charge in [0, 0.05) is 25.7 Å². The van der Waals surface area contributed by atoms with Crippen LogP contribution in [0.25, 0.3) is 0 Å². The second-order valence-electron chi connectivity index (χ2n) is 4.51. The molecule has 0 spiro atoms. The van der Waals surface area contributed by atoms with Gasteiger partial charge in [-0.25, -0.2) is 0 Å². The van der Waals surface area contributed by atoms with Crippen LogP contribution in [-0.2, 0) is 6.54 Å². The highest BCUT2D eigenvalue weighted by Crippen LogP contribution is 2.21. The Labute approximate surface area is 92.1 Å². The van der Waals surface area contributed by atoms with Crippen LogP contribution in [0, 0.1) is 5.92 Å². The van der Waals surface area contributed by atoms with E-state index in [1.807, 2.05) is 0 Å². The summed E-state index contributed by atoms with van der Waals surface area (Å²) in [4.78, 5) is 2.47. The van der Waals surface area contributed by atoms with Crippen molar-refractivity contribution in [2.24, 2.45) is 11.7 Å². The van der Waals surface area contributed by atoms with E-state index >= 15 is 0 Å². The van der Waals surface area contributed by atoms with Gasteiger partial charge in [0.2, 0.25) is 0 Å². The van der Waals surface area contributed by atoms with Gasteiger partial charge < -0.3 is 5.73 Å². The third-order valence-corrected chi connectivity index (χ3v) is 3.31. The Bertz CT molecular complexity index is 291. The monoisotopic (exact) mass is 204 g/mol. The smallest absolute Gasteiger partial charge is 0.0234 e. The number of rotatable bonds is 4. The Morgan fingerprint density at radius 2 is 2.00 bits per heavy atom. The van der Waals surface area contributed by atoms with Crippen LogP contribution in [0.5, 0.6) is 0 Å². The van der Waals surface area contributed by atoms with Gasteiger partial charge in [-0.2, -0.15) is 0 Å². The third kappa shape index (κ3) is 2.58. The van der Waals surface area contributed by atoms with Crippen LogP contribution in [-0.4, -0.2) is 24.0 Å². The highest BCUT2D eigenvalue weighted by Gasteiger charge is 2.30. The molecule has 1 aromatic rings. The summed E-state index contributed by atoms with van der Waals surface area (Å²) in [7, 11) is 0. The highest BCUT2D eigenvalue weighted by molar-refractivity contribution is 5.15. The molecule has 1 atom stereocenters. The van der Waals surface area contributed by atoms with E-state index in [0.29, 0.717) is 6.04 Å². The number of likely N-dealkylation sites (tertiary alicyclic amines) is 1. The van der Waals surface area contributed by atoms with E-state index in [1.54, 1.807) is 0 Å². The van der Waals surface area contributed by atoms with E-state index in [1.165, 1.54) is 18.7 Å². The van der Waals surface area contributed by atoms with Crippen LogP contribution in [0.2, 0.25) is 0 Å². The molecule has 0 radical (unpaired) electrons. The van der Waals surface area contributed by atoms with Crippen molar-refractivity contribution in [1.29, 1.82) is 0 Å².